The minimum Gasteiger partial charge on any atom is -0.507 e. The Morgan fingerprint density at radius 1 is 1.41 bits per heavy atom. The van der Waals surface area contributed by atoms with Crippen molar-refractivity contribution in [3.8, 4) is 5.75 Å². The number of amides is 1. The van der Waals surface area contributed by atoms with E-state index in [2.05, 4.69) is 58.1 Å². The molecule has 1 heterocycles. The summed E-state index contributed by atoms with van der Waals surface area (Å²) in [6, 6.07) is 4.42. The number of rotatable bonds is 4. The Labute approximate surface area is 151 Å². The molecule has 0 saturated carbocycles. The van der Waals surface area contributed by atoms with Gasteiger partial charge in [-0.25, -0.2) is 4.98 Å². The van der Waals surface area contributed by atoms with E-state index in [0.717, 1.165) is 0 Å². The van der Waals surface area contributed by atoms with Gasteiger partial charge in [0.25, 0.3) is 5.91 Å². The van der Waals surface area contributed by atoms with E-state index >= 15 is 0 Å². The number of phenolic OH excluding ortho intramolecular Hbond substituents is 1. The fourth-order valence-corrected chi connectivity index (χ4v) is 3.65. The number of hydrogen-bond acceptors (Lipinski definition) is 4. The maximum absolute atomic E-state index is 11.7. The van der Waals surface area contributed by atoms with Crippen molar-refractivity contribution in [2.75, 3.05) is 7.05 Å². The molecule has 3 N–H and O–H groups in total. The molecule has 1 aromatic carbocycles. The normalized spacial score (nSPS) is 12.2. The SMILES string of the molecule is CNC(=O)c1cc(C(O)Cn2c(Br)nc(Br)c2Br)ccc1O. The number of hydrogen-bond donors (Lipinski definition) is 3. The van der Waals surface area contributed by atoms with Gasteiger partial charge < -0.3 is 20.1 Å². The van der Waals surface area contributed by atoms with Crippen LogP contribution < -0.4 is 5.32 Å². The maximum Gasteiger partial charge on any atom is 0.254 e. The van der Waals surface area contributed by atoms with E-state index < -0.39 is 12.0 Å². The lowest BCUT2D eigenvalue weighted by atomic mass is 10.0. The molecule has 1 amide bonds. The van der Waals surface area contributed by atoms with Crippen LogP contribution in [0.3, 0.4) is 0 Å². The van der Waals surface area contributed by atoms with Crippen molar-refractivity contribution >= 4 is 53.7 Å². The highest BCUT2D eigenvalue weighted by Crippen LogP contribution is 2.30. The molecule has 0 aliphatic carbocycles. The second-order valence-electron chi connectivity index (χ2n) is 4.44. The van der Waals surface area contributed by atoms with Gasteiger partial charge in [-0.3, -0.25) is 4.79 Å². The van der Waals surface area contributed by atoms with Crippen LogP contribution in [0.2, 0.25) is 0 Å². The third-order valence-corrected chi connectivity index (χ3v) is 5.55. The van der Waals surface area contributed by atoms with Gasteiger partial charge in [0.2, 0.25) is 0 Å². The summed E-state index contributed by atoms with van der Waals surface area (Å²) < 4.78 is 3.57. The minimum atomic E-state index is -0.877. The quantitative estimate of drug-likeness (QED) is 0.606. The molecule has 2 aromatic rings. The Hall–Kier alpha value is -0.900. The predicted octanol–water partition coefficient (Wildman–Crippen LogP) is 2.97. The first-order valence-electron chi connectivity index (χ1n) is 6.15. The molecule has 1 unspecified atom stereocenters. The van der Waals surface area contributed by atoms with Gasteiger partial charge in [-0.2, -0.15) is 0 Å². The summed E-state index contributed by atoms with van der Waals surface area (Å²) in [6.07, 6.45) is -0.877. The number of phenols is 1. The average molecular weight is 498 g/mol. The van der Waals surface area contributed by atoms with Gasteiger partial charge in [0.15, 0.2) is 4.73 Å². The van der Waals surface area contributed by atoms with Crippen LogP contribution in [0.4, 0.5) is 0 Å². The Morgan fingerprint density at radius 2 is 2.09 bits per heavy atom. The van der Waals surface area contributed by atoms with E-state index in [0.29, 0.717) is 19.5 Å². The summed E-state index contributed by atoms with van der Waals surface area (Å²) in [5.41, 5.74) is 0.629. The van der Waals surface area contributed by atoms with E-state index in [1.165, 1.54) is 19.2 Å². The van der Waals surface area contributed by atoms with Crippen LogP contribution in [-0.2, 0) is 6.54 Å². The number of nitrogens with one attached hydrogen (secondary N) is 1. The molecule has 118 valence electrons. The number of halogens is 3. The number of aromatic nitrogens is 2. The van der Waals surface area contributed by atoms with Gasteiger partial charge in [-0.1, -0.05) is 6.07 Å². The van der Waals surface area contributed by atoms with Crippen LogP contribution >= 0.6 is 47.8 Å². The van der Waals surface area contributed by atoms with Crippen molar-refractivity contribution in [2.24, 2.45) is 0 Å². The summed E-state index contributed by atoms with van der Waals surface area (Å²) in [5.74, 6) is -0.553. The van der Waals surface area contributed by atoms with Crippen LogP contribution in [0.15, 0.2) is 32.1 Å². The Morgan fingerprint density at radius 3 is 2.64 bits per heavy atom. The van der Waals surface area contributed by atoms with E-state index in [-0.39, 0.29) is 17.9 Å². The molecule has 0 bridgehead atoms. The minimum absolute atomic E-state index is 0.115. The number of imidazole rings is 1. The van der Waals surface area contributed by atoms with Crippen molar-refractivity contribution in [1.82, 2.24) is 14.9 Å². The van der Waals surface area contributed by atoms with Crippen LogP contribution in [0.25, 0.3) is 0 Å². The van der Waals surface area contributed by atoms with E-state index in [1.807, 2.05) is 0 Å². The lowest BCUT2D eigenvalue weighted by Crippen LogP contribution is -2.18. The van der Waals surface area contributed by atoms with Gasteiger partial charge in [0, 0.05) is 7.05 Å². The van der Waals surface area contributed by atoms with Crippen LogP contribution in [0.5, 0.6) is 5.75 Å². The number of aliphatic hydroxyl groups is 1. The zero-order valence-electron chi connectivity index (χ0n) is 11.3. The Kier molecular flexibility index (Phi) is 5.65. The van der Waals surface area contributed by atoms with Gasteiger partial charge in [-0.15, -0.1) is 0 Å². The lowest BCUT2D eigenvalue weighted by molar-refractivity contribution is 0.0960. The highest BCUT2D eigenvalue weighted by molar-refractivity contribution is 9.13. The zero-order chi connectivity index (χ0) is 16.4. The fourth-order valence-electron chi connectivity index (χ4n) is 1.89. The van der Waals surface area contributed by atoms with E-state index in [1.54, 1.807) is 10.6 Å². The highest BCUT2D eigenvalue weighted by atomic mass is 79.9. The summed E-state index contributed by atoms with van der Waals surface area (Å²) in [4.78, 5) is 15.9. The van der Waals surface area contributed by atoms with Gasteiger partial charge in [-0.05, 0) is 65.5 Å². The van der Waals surface area contributed by atoms with Crippen LogP contribution in [-0.4, -0.2) is 32.7 Å². The van der Waals surface area contributed by atoms with Crippen molar-refractivity contribution < 1.29 is 15.0 Å². The molecule has 1 atom stereocenters. The van der Waals surface area contributed by atoms with Gasteiger partial charge in [0.05, 0.1) is 18.2 Å². The number of carbonyl (C=O) groups is 1. The zero-order valence-corrected chi connectivity index (χ0v) is 16.1. The van der Waals surface area contributed by atoms with E-state index in [9.17, 15) is 15.0 Å². The third-order valence-electron chi connectivity index (χ3n) is 3.05. The fraction of sp³-hybridized carbons (Fsp3) is 0.231. The summed E-state index contributed by atoms with van der Waals surface area (Å²) in [6.45, 7) is 0.220. The lowest BCUT2D eigenvalue weighted by Gasteiger charge is -2.15. The van der Waals surface area contributed by atoms with Crippen LogP contribution in [0, 0.1) is 0 Å². The standard InChI is InChI=1S/C13H12Br3N3O3/c1-17-12(22)7-4-6(2-3-8(7)20)9(21)5-19-11(15)10(14)18-13(19)16/h2-4,9,20-21H,5H2,1H3,(H,17,22). The molecular weight excluding hydrogens is 486 g/mol. The molecule has 0 aliphatic rings. The average Bonchev–Trinajstić information content (AvgIpc) is 2.73. The molecule has 0 spiro atoms. The monoisotopic (exact) mass is 495 g/mol. The first-order valence-corrected chi connectivity index (χ1v) is 8.53. The summed E-state index contributed by atoms with van der Waals surface area (Å²) >= 11 is 9.96. The molecule has 0 aliphatic heterocycles. The van der Waals surface area contributed by atoms with E-state index in [4.69, 9.17) is 0 Å². The maximum atomic E-state index is 11.7. The highest BCUT2D eigenvalue weighted by Gasteiger charge is 2.18. The first kappa shape index (κ1) is 17.5. The molecule has 0 radical (unpaired) electrons. The van der Waals surface area contributed by atoms with Crippen molar-refractivity contribution in [1.29, 1.82) is 0 Å². The number of aromatic hydroxyl groups is 1. The smallest absolute Gasteiger partial charge is 0.254 e. The number of nitrogens with zero attached hydrogens (tertiary/aromatic N) is 2. The van der Waals surface area contributed by atoms with Crippen molar-refractivity contribution in [3.63, 3.8) is 0 Å². The Balaban J connectivity index is 2.30. The van der Waals surface area contributed by atoms with Crippen molar-refractivity contribution in [3.05, 3.63) is 43.3 Å². The van der Waals surface area contributed by atoms with Gasteiger partial charge in [0.1, 0.15) is 15.0 Å². The number of benzene rings is 1. The topological polar surface area (TPSA) is 87.4 Å². The second kappa shape index (κ2) is 7.12. The molecule has 22 heavy (non-hydrogen) atoms. The number of aliphatic hydroxyl groups excluding tert-OH is 1. The molecule has 9 heteroatoms. The Bertz CT molecular complexity index is 718. The molecular formula is C13H12Br3N3O3. The van der Waals surface area contributed by atoms with Crippen LogP contribution in [0.1, 0.15) is 22.0 Å². The summed E-state index contributed by atoms with van der Waals surface area (Å²) in [7, 11) is 1.47. The number of carbonyl (C=O) groups excluding carboxylic acids is 1. The molecule has 1 aromatic heterocycles. The largest absolute Gasteiger partial charge is 0.507 e. The van der Waals surface area contributed by atoms with Gasteiger partial charge >= 0.3 is 0 Å². The molecule has 6 nitrogen and oxygen atoms in total. The van der Waals surface area contributed by atoms with Crippen molar-refractivity contribution in [2.45, 2.75) is 12.6 Å². The first-order chi connectivity index (χ1) is 10.3. The molecule has 2 rings (SSSR count). The molecule has 0 fully saturated rings. The summed E-state index contributed by atoms with van der Waals surface area (Å²) in [5, 5.41) is 22.5. The molecule has 0 saturated heterocycles. The third kappa shape index (κ3) is 3.53. The predicted molar refractivity (Wildman–Crippen MR) is 91.8 cm³/mol. The second-order valence-corrected chi connectivity index (χ2v) is 6.66.